The Balaban J connectivity index is 1.53. The van der Waals surface area contributed by atoms with Crippen molar-refractivity contribution in [2.75, 3.05) is 38.7 Å². The van der Waals surface area contributed by atoms with E-state index in [0.29, 0.717) is 50.6 Å². The zero-order valence-corrected chi connectivity index (χ0v) is 14.7. The van der Waals surface area contributed by atoms with Gasteiger partial charge in [0.2, 0.25) is 11.8 Å². The zero-order valence-electron chi connectivity index (χ0n) is 14.7. The van der Waals surface area contributed by atoms with Crippen molar-refractivity contribution in [2.24, 2.45) is 0 Å². The molecule has 0 saturated carbocycles. The molecule has 7 heteroatoms. The minimum Gasteiger partial charge on any atom is -0.495 e. The minimum absolute atomic E-state index is 0.183. The first-order valence-electron chi connectivity index (χ1n) is 8.51. The number of nitrogens with one attached hydrogen (secondary N) is 1. The van der Waals surface area contributed by atoms with Crippen molar-refractivity contribution in [1.82, 2.24) is 4.90 Å². The third-order valence-electron chi connectivity index (χ3n) is 4.63. The first-order chi connectivity index (χ1) is 12.0. The topological polar surface area (TPSA) is 77.1 Å². The predicted molar refractivity (Wildman–Crippen MR) is 91.4 cm³/mol. The molecule has 136 valence electrons. The lowest BCUT2D eigenvalue weighted by Gasteiger charge is -2.37. The fraction of sp³-hybridized carbons (Fsp3) is 0.556. The third kappa shape index (κ3) is 4.11. The van der Waals surface area contributed by atoms with Gasteiger partial charge in [0.15, 0.2) is 5.79 Å². The Labute approximate surface area is 147 Å². The van der Waals surface area contributed by atoms with Crippen LogP contribution in [0.4, 0.5) is 5.69 Å². The number of nitrogens with zero attached hydrogens (tertiary/aromatic N) is 1. The van der Waals surface area contributed by atoms with Crippen LogP contribution in [0.2, 0.25) is 0 Å². The number of piperidine rings is 1. The Morgan fingerprint density at radius 2 is 1.92 bits per heavy atom. The van der Waals surface area contributed by atoms with Gasteiger partial charge in [0.25, 0.3) is 0 Å². The summed E-state index contributed by atoms with van der Waals surface area (Å²) in [6.07, 6.45) is 1.10. The summed E-state index contributed by atoms with van der Waals surface area (Å²) in [6, 6.07) is 5.51. The van der Waals surface area contributed by atoms with Gasteiger partial charge in [-0.2, -0.15) is 0 Å². The number of anilines is 1. The van der Waals surface area contributed by atoms with Gasteiger partial charge in [-0.3, -0.25) is 9.59 Å². The van der Waals surface area contributed by atoms with Crippen LogP contribution in [0.1, 0.15) is 24.8 Å². The summed E-state index contributed by atoms with van der Waals surface area (Å²) in [5.41, 5.74) is 1.57. The molecule has 3 rings (SSSR count). The number of rotatable bonds is 4. The van der Waals surface area contributed by atoms with Crippen LogP contribution in [0.5, 0.6) is 5.75 Å². The number of amides is 2. The van der Waals surface area contributed by atoms with Crippen LogP contribution in [0.15, 0.2) is 18.2 Å². The maximum Gasteiger partial charge on any atom is 0.233 e. The summed E-state index contributed by atoms with van der Waals surface area (Å²) in [6.45, 7) is 4.22. The van der Waals surface area contributed by atoms with Crippen molar-refractivity contribution in [3.8, 4) is 5.75 Å². The Morgan fingerprint density at radius 1 is 1.24 bits per heavy atom. The highest BCUT2D eigenvalue weighted by molar-refractivity contribution is 6.04. The van der Waals surface area contributed by atoms with Gasteiger partial charge in [-0.1, -0.05) is 6.07 Å². The first-order valence-corrected chi connectivity index (χ1v) is 8.51. The maximum absolute atomic E-state index is 12.4. The van der Waals surface area contributed by atoms with Crippen molar-refractivity contribution in [2.45, 2.75) is 32.0 Å². The molecule has 1 aromatic carbocycles. The van der Waals surface area contributed by atoms with Crippen LogP contribution < -0.4 is 10.1 Å². The lowest BCUT2D eigenvalue weighted by molar-refractivity contribution is -0.187. The van der Waals surface area contributed by atoms with Crippen LogP contribution in [0, 0.1) is 6.92 Å². The van der Waals surface area contributed by atoms with E-state index in [9.17, 15) is 9.59 Å². The monoisotopic (exact) mass is 348 g/mol. The van der Waals surface area contributed by atoms with Gasteiger partial charge < -0.3 is 24.4 Å². The van der Waals surface area contributed by atoms with Crippen molar-refractivity contribution in [1.29, 1.82) is 0 Å². The van der Waals surface area contributed by atoms with Crippen molar-refractivity contribution in [3.05, 3.63) is 23.8 Å². The molecule has 0 bridgehead atoms. The second-order valence-electron chi connectivity index (χ2n) is 6.42. The van der Waals surface area contributed by atoms with Crippen molar-refractivity contribution < 1.29 is 23.8 Å². The number of hydrogen-bond donors (Lipinski definition) is 1. The van der Waals surface area contributed by atoms with E-state index in [1.165, 1.54) is 0 Å². The van der Waals surface area contributed by atoms with Gasteiger partial charge >= 0.3 is 0 Å². The first kappa shape index (κ1) is 17.7. The number of likely N-dealkylation sites (tertiary alicyclic amines) is 1. The van der Waals surface area contributed by atoms with E-state index >= 15 is 0 Å². The van der Waals surface area contributed by atoms with Gasteiger partial charge in [0, 0.05) is 25.9 Å². The standard InChI is InChI=1S/C18H24N2O5/c1-13-3-4-15(23-2)14(11-13)19-16(21)12-17(22)20-7-5-18(6-8-20)24-9-10-25-18/h3-4,11H,5-10,12H2,1-2H3,(H,19,21). The van der Waals surface area contributed by atoms with Gasteiger partial charge in [-0.25, -0.2) is 0 Å². The molecule has 1 aromatic rings. The van der Waals surface area contributed by atoms with Gasteiger partial charge in [-0.15, -0.1) is 0 Å². The fourth-order valence-electron chi connectivity index (χ4n) is 3.25. The summed E-state index contributed by atoms with van der Waals surface area (Å²) >= 11 is 0. The molecular formula is C18H24N2O5. The van der Waals surface area contributed by atoms with Crippen molar-refractivity contribution in [3.63, 3.8) is 0 Å². The van der Waals surface area contributed by atoms with E-state index < -0.39 is 5.79 Å². The quantitative estimate of drug-likeness (QED) is 0.838. The molecule has 1 spiro atoms. The summed E-state index contributed by atoms with van der Waals surface area (Å²) in [4.78, 5) is 26.3. The van der Waals surface area contributed by atoms with Crippen LogP contribution >= 0.6 is 0 Å². The number of carbonyl (C=O) groups excluding carboxylic acids is 2. The van der Waals surface area contributed by atoms with E-state index in [1.807, 2.05) is 19.1 Å². The fourth-order valence-corrected chi connectivity index (χ4v) is 3.25. The van der Waals surface area contributed by atoms with E-state index in [0.717, 1.165) is 5.56 Å². The van der Waals surface area contributed by atoms with Crippen molar-refractivity contribution >= 4 is 17.5 Å². The molecule has 2 aliphatic heterocycles. The molecule has 0 atom stereocenters. The summed E-state index contributed by atoms with van der Waals surface area (Å²) in [5.74, 6) is -0.477. The molecule has 0 aliphatic carbocycles. The Morgan fingerprint density at radius 3 is 2.56 bits per heavy atom. The minimum atomic E-state index is -0.520. The normalized spacial score (nSPS) is 19.0. The van der Waals surface area contributed by atoms with E-state index in [2.05, 4.69) is 5.32 Å². The second kappa shape index (κ2) is 7.41. The lowest BCUT2D eigenvalue weighted by atomic mass is 10.0. The third-order valence-corrected chi connectivity index (χ3v) is 4.63. The Kier molecular flexibility index (Phi) is 5.24. The summed E-state index contributed by atoms with van der Waals surface area (Å²) in [5, 5.41) is 2.76. The van der Waals surface area contributed by atoms with E-state index in [1.54, 1.807) is 18.1 Å². The van der Waals surface area contributed by atoms with Crippen LogP contribution in [0.3, 0.4) is 0 Å². The average Bonchev–Trinajstić information content (AvgIpc) is 3.03. The number of ether oxygens (including phenoxy) is 3. The highest BCUT2D eigenvalue weighted by atomic mass is 16.7. The Hall–Kier alpha value is -2.12. The molecule has 2 saturated heterocycles. The number of hydrogen-bond acceptors (Lipinski definition) is 5. The molecule has 0 aromatic heterocycles. The highest BCUT2D eigenvalue weighted by Gasteiger charge is 2.40. The molecule has 2 aliphatic rings. The molecule has 0 unspecified atom stereocenters. The zero-order chi connectivity index (χ0) is 17.9. The van der Waals surface area contributed by atoms with E-state index in [-0.39, 0.29) is 18.2 Å². The molecule has 2 heterocycles. The molecule has 2 fully saturated rings. The van der Waals surface area contributed by atoms with Gasteiger partial charge in [0.05, 0.1) is 26.0 Å². The van der Waals surface area contributed by atoms with Gasteiger partial charge in [0.1, 0.15) is 12.2 Å². The molecule has 0 radical (unpaired) electrons. The number of methoxy groups -OCH3 is 1. The molecule has 1 N–H and O–H groups in total. The SMILES string of the molecule is COc1ccc(C)cc1NC(=O)CC(=O)N1CCC2(CC1)OCCO2. The smallest absolute Gasteiger partial charge is 0.233 e. The summed E-state index contributed by atoms with van der Waals surface area (Å²) in [7, 11) is 1.54. The van der Waals surface area contributed by atoms with E-state index in [4.69, 9.17) is 14.2 Å². The molecule has 25 heavy (non-hydrogen) atoms. The number of carbonyl (C=O) groups is 2. The largest absolute Gasteiger partial charge is 0.495 e. The number of aryl methyl sites for hydroxylation is 1. The Bertz CT molecular complexity index is 645. The lowest BCUT2D eigenvalue weighted by Crippen LogP contribution is -2.47. The predicted octanol–water partition coefficient (Wildman–Crippen LogP) is 1.70. The average molecular weight is 348 g/mol. The molecule has 2 amide bonds. The van der Waals surface area contributed by atoms with Crippen LogP contribution in [-0.2, 0) is 19.1 Å². The van der Waals surface area contributed by atoms with Gasteiger partial charge in [-0.05, 0) is 24.6 Å². The van der Waals surface area contributed by atoms with Crippen LogP contribution in [-0.4, -0.2) is 55.9 Å². The number of benzene rings is 1. The molecule has 7 nitrogen and oxygen atoms in total. The van der Waals surface area contributed by atoms with Crippen LogP contribution in [0.25, 0.3) is 0 Å². The highest BCUT2D eigenvalue weighted by Crippen LogP contribution is 2.31. The summed E-state index contributed by atoms with van der Waals surface area (Å²) < 4.78 is 16.5. The second-order valence-corrected chi connectivity index (χ2v) is 6.42. The molecular weight excluding hydrogens is 324 g/mol. The maximum atomic E-state index is 12.4.